The number of nitrogens with one attached hydrogen (secondary N) is 1. The van der Waals surface area contributed by atoms with E-state index in [1.165, 1.54) is 31.2 Å². The number of ether oxygens (including phenoxy) is 7. The summed E-state index contributed by atoms with van der Waals surface area (Å²) in [5.74, 6) is -5.11. The normalized spacial score (nSPS) is 26.9. The Morgan fingerprint density at radius 2 is 1.25 bits per heavy atom. The van der Waals surface area contributed by atoms with Gasteiger partial charge in [-0.05, 0) is 43.3 Å². The molecule has 0 saturated carbocycles. The van der Waals surface area contributed by atoms with Crippen LogP contribution >= 0.6 is 46.6 Å². The Labute approximate surface area is 421 Å². The zero-order valence-electron chi connectivity index (χ0n) is 39.2. The number of benzene rings is 3. The topological polar surface area (TPSA) is 198 Å². The molecule has 374 valence electrons. The molecule has 0 spiro atoms. The van der Waals surface area contributed by atoms with Crippen molar-refractivity contribution in [3.63, 3.8) is 0 Å². The third-order valence-corrected chi connectivity index (χ3v) is 18.4. The molecule has 3 fully saturated rings. The molecular formula is C48H56Cl3NO15SSi. The van der Waals surface area contributed by atoms with Crippen LogP contribution in [0.2, 0.25) is 10.1 Å². The van der Waals surface area contributed by atoms with Crippen LogP contribution < -0.4 is 5.32 Å². The molecule has 69 heavy (non-hydrogen) atoms. The highest BCUT2D eigenvalue weighted by molar-refractivity contribution is 7.99. The number of carbonyl (C=O) groups excluding carboxylic acids is 6. The van der Waals surface area contributed by atoms with Gasteiger partial charge in [-0.15, -0.1) is 0 Å². The van der Waals surface area contributed by atoms with Crippen molar-refractivity contribution >= 4 is 90.7 Å². The van der Waals surface area contributed by atoms with Gasteiger partial charge < -0.3 is 52.1 Å². The van der Waals surface area contributed by atoms with Crippen LogP contribution in [0.1, 0.15) is 82.0 Å². The third-order valence-electron chi connectivity index (χ3n) is 11.6. The van der Waals surface area contributed by atoms with Gasteiger partial charge in [0, 0.05) is 21.4 Å². The van der Waals surface area contributed by atoms with E-state index in [0.717, 1.165) is 18.9 Å². The molecule has 0 unspecified atom stereocenters. The van der Waals surface area contributed by atoms with Gasteiger partial charge in [0.2, 0.25) is 0 Å². The molecule has 0 bridgehead atoms. The molecule has 3 heterocycles. The molecular weight excluding hydrogens is 997 g/mol. The Balaban J connectivity index is 1.52. The first-order chi connectivity index (χ1) is 32.4. The molecule has 21 heteroatoms. The summed E-state index contributed by atoms with van der Waals surface area (Å²) < 4.78 is 55.2. The molecule has 0 aromatic heterocycles. The van der Waals surface area contributed by atoms with E-state index in [4.69, 9.17) is 76.8 Å². The highest BCUT2D eigenvalue weighted by Crippen LogP contribution is 2.55. The van der Waals surface area contributed by atoms with E-state index in [1.54, 1.807) is 66.7 Å². The number of rotatable bonds is 14. The number of halogens is 3. The van der Waals surface area contributed by atoms with Gasteiger partial charge in [-0.2, -0.15) is 0 Å². The van der Waals surface area contributed by atoms with Crippen LogP contribution in [0, 0.1) is 0 Å². The number of fused-ring (bicyclic) bond motifs is 1. The summed E-state index contributed by atoms with van der Waals surface area (Å²) in [6, 6.07) is 23.1. The lowest BCUT2D eigenvalue weighted by molar-refractivity contribution is -0.319. The number of methoxy groups -OCH3 is 1. The largest absolute Gasteiger partial charge is 0.467 e. The van der Waals surface area contributed by atoms with E-state index >= 15 is 0 Å². The number of thioether (sulfide) groups is 1. The minimum absolute atomic E-state index is 0.0849. The lowest BCUT2D eigenvalue weighted by Crippen LogP contribution is -2.75. The zero-order chi connectivity index (χ0) is 50.5. The number of amides is 1. The van der Waals surface area contributed by atoms with Crippen LogP contribution in [0.15, 0.2) is 95.9 Å². The average Bonchev–Trinajstić information content (AvgIpc) is 3.30. The lowest BCUT2D eigenvalue weighted by Gasteiger charge is -2.58. The van der Waals surface area contributed by atoms with Gasteiger partial charge in [0.25, 0.3) is 9.70 Å². The van der Waals surface area contributed by atoms with Crippen LogP contribution in [0.5, 0.6) is 0 Å². The van der Waals surface area contributed by atoms with Crippen LogP contribution in [0.25, 0.3) is 0 Å². The van der Waals surface area contributed by atoms with Crippen LogP contribution in [0.4, 0.5) is 0 Å². The summed E-state index contributed by atoms with van der Waals surface area (Å²) in [6.45, 7) is 13.0. The number of hydrogen-bond donors (Lipinski definition) is 1. The van der Waals surface area contributed by atoms with Gasteiger partial charge in [0.15, 0.2) is 30.7 Å². The fourth-order valence-electron chi connectivity index (χ4n) is 8.59. The minimum atomic E-state index is -3.43. The fourth-order valence-corrected chi connectivity index (χ4v) is 14.8. The van der Waals surface area contributed by atoms with Gasteiger partial charge >= 0.3 is 32.4 Å². The number of esters is 4. The second-order valence-corrected chi connectivity index (χ2v) is 26.9. The van der Waals surface area contributed by atoms with Crippen molar-refractivity contribution in [1.82, 2.24) is 5.32 Å². The summed E-state index contributed by atoms with van der Waals surface area (Å²) in [7, 11) is -2.32. The molecule has 0 aliphatic carbocycles. The maximum Gasteiger partial charge on any atom is 0.349 e. The van der Waals surface area contributed by atoms with Crippen LogP contribution in [-0.2, 0) is 61.2 Å². The molecule has 3 aromatic carbocycles. The number of ketones is 1. The van der Waals surface area contributed by atoms with Crippen LogP contribution in [0.3, 0.4) is 0 Å². The van der Waals surface area contributed by atoms with E-state index in [0.29, 0.717) is 4.90 Å². The Morgan fingerprint density at radius 1 is 0.710 bits per heavy atom. The predicted molar refractivity (Wildman–Crippen MR) is 256 cm³/mol. The minimum Gasteiger partial charge on any atom is -0.467 e. The monoisotopic (exact) mass is 1050 g/mol. The van der Waals surface area contributed by atoms with E-state index in [1.807, 2.05) is 41.5 Å². The smallest absolute Gasteiger partial charge is 0.349 e. The molecule has 1 amide bonds. The summed E-state index contributed by atoms with van der Waals surface area (Å²) in [5, 5.41) is 1.40. The Hall–Kier alpha value is -4.08. The van der Waals surface area contributed by atoms with Gasteiger partial charge in [-0.25, -0.2) is 14.4 Å². The fraction of sp³-hybridized carbons (Fsp3) is 0.500. The quantitative estimate of drug-likeness (QED) is 0.0709. The molecule has 0 radical (unpaired) electrons. The number of carbonyl (C=O) groups is 6. The van der Waals surface area contributed by atoms with Gasteiger partial charge in [-0.3, -0.25) is 9.59 Å². The molecule has 3 saturated heterocycles. The SMILES string of the molecule is COC(=O)[C@H]1O[C@@H](Sc2ccccc2)[C@H](OC(=O)c2ccccc2)[C@@H](OC(=O)c2ccccc2)[C@@H]1O[C@@H]1O[C@@H]2CO[Si](C(C)(C)C)(C(C)(C)C)O[C@H]2[C@H](OC(=O)CCC(C)=O)[C@H]1NC(=O)C(Cl)(Cl)Cl. The summed E-state index contributed by atoms with van der Waals surface area (Å²) in [6.07, 6.45) is -13.0. The first kappa shape index (κ1) is 54.3. The van der Waals surface area contributed by atoms with Crippen molar-refractivity contribution in [3.05, 3.63) is 102 Å². The maximum atomic E-state index is 14.3. The lowest BCUT2D eigenvalue weighted by atomic mass is 9.95. The van der Waals surface area contributed by atoms with Crippen molar-refractivity contribution in [1.29, 1.82) is 0 Å². The average molecular weight is 1050 g/mol. The number of Topliss-reactive ketones (excluding diaryl/α,β-unsaturated/α-hetero) is 1. The summed E-state index contributed by atoms with van der Waals surface area (Å²) in [5.41, 5.74) is -1.06. The number of alkyl halides is 3. The summed E-state index contributed by atoms with van der Waals surface area (Å²) in [4.78, 5) is 82.8. The van der Waals surface area contributed by atoms with E-state index < -0.39 is 113 Å². The highest BCUT2D eigenvalue weighted by Gasteiger charge is 2.66. The van der Waals surface area contributed by atoms with Crippen molar-refractivity contribution in [2.75, 3.05) is 13.7 Å². The van der Waals surface area contributed by atoms with E-state index in [9.17, 15) is 28.8 Å². The molecule has 3 aliphatic heterocycles. The van der Waals surface area contributed by atoms with Crippen molar-refractivity contribution in [3.8, 4) is 0 Å². The third kappa shape index (κ3) is 12.9. The van der Waals surface area contributed by atoms with Gasteiger partial charge in [0.05, 0.1) is 31.3 Å². The first-order valence-electron chi connectivity index (χ1n) is 22.1. The maximum absolute atomic E-state index is 14.3. The Bertz CT molecular complexity index is 2280. The predicted octanol–water partition coefficient (Wildman–Crippen LogP) is 7.83. The van der Waals surface area contributed by atoms with Crippen LogP contribution in [-0.4, -0.2) is 122 Å². The second kappa shape index (κ2) is 22.6. The van der Waals surface area contributed by atoms with Gasteiger partial charge in [0.1, 0.15) is 35.6 Å². The number of hydrogen-bond acceptors (Lipinski definition) is 16. The molecule has 1 N–H and O–H groups in total. The van der Waals surface area contributed by atoms with E-state index in [-0.39, 0.29) is 36.4 Å². The van der Waals surface area contributed by atoms with Crippen molar-refractivity contribution in [2.24, 2.45) is 0 Å². The molecule has 3 aliphatic rings. The Morgan fingerprint density at radius 3 is 1.75 bits per heavy atom. The second-order valence-electron chi connectivity index (χ2n) is 18.7. The zero-order valence-corrected chi connectivity index (χ0v) is 43.3. The highest BCUT2D eigenvalue weighted by atomic mass is 35.6. The molecule has 6 rings (SSSR count). The van der Waals surface area contributed by atoms with Crippen molar-refractivity contribution in [2.45, 2.75) is 141 Å². The first-order valence-corrected chi connectivity index (χ1v) is 25.9. The molecule has 16 nitrogen and oxygen atoms in total. The standard InChI is InChI=1S/C48H56Cl3NO15SSi/c1-27(53)24-25-32(54)62-35-33(52-45(58)48(49,50)51)43(61-31-26-60-69(46(2,3)4,47(5,6)7)67-34(31)35)65-36-37(63-40(55)28-18-12-9-13-19-28)39(64-41(56)29-20-14-10-15-21-29)44(66-38(36)42(57)59-8)68-30-22-16-11-17-23-30/h9-23,31,33-39,43-44H,24-26H2,1-8H3,(H,52,58)/t31-,33-,34-,35-,36+,37+,38+,39-,43+,44+/m1/s1. The van der Waals surface area contributed by atoms with Crippen molar-refractivity contribution < 1.29 is 70.8 Å². The Kier molecular flexibility index (Phi) is 17.7. The molecule has 10 atom stereocenters. The van der Waals surface area contributed by atoms with E-state index in [2.05, 4.69) is 5.32 Å². The summed E-state index contributed by atoms with van der Waals surface area (Å²) >= 11 is 19.6. The molecule has 3 aromatic rings. The van der Waals surface area contributed by atoms with Gasteiger partial charge in [-0.1, -0.05) is 143 Å².